The standard InChI is InChI=1S/C13H19FN2O2S.ClH/c1-10-5-6-12(14)13(8-10)19(17,18)16-7-3-4-11(16)9-15-2;/h5-6,8,11,15H,3-4,7,9H2,1-2H3;1H. The molecule has 1 N–H and O–H groups in total. The number of nitrogens with zero attached hydrogens (tertiary/aromatic N) is 1. The van der Waals surface area contributed by atoms with Gasteiger partial charge in [-0.05, 0) is 44.5 Å². The fraction of sp³-hybridized carbons (Fsp3) is 0.538. The molecule has 4 nitrogen and oxygen atoms in total. The molecule has 0 amide bonds. The molecule has 1 atom stereocenters. The van der Waals surface area contributed by atoms with E-state index in [2.05, 4.69) is 5.32 Å². The molecule has 0 spiro atoms. The van der Waals surface area contributed by atoms with Gasteiger partial charge in [0.15, 0.2) is 0 Å². The third-order valence-electron chi connectivity index (χ3n) is 3.44. The second-order valence-electron chi connectivity index (χ2n) is 4.90. The lowest BCUT2D eigenvalue weighted by Gasteiger charge is -2.24. The van der Waals surface area contributed by atoms with Gasteiger partial charge in [-0.25, -0.2) is 12.8 Å². The lowest BCUT2D eigenvalue weighted by Crippen LogP contribution is -2.41. The number of halogens is 2. The molecule has 1 aliphatic rings. The van der Waals surface area contributed by atoms with Crippen LogP contribution in [-0.2, 0) is 10.0 Å². The Hall–Kier alpha value is -0.690. The fourth-order valence-corrected chi connectivity index (χ4v) is 4.34. The molecule has 0 aromatic heterocycles. The first kappa shape index (κ1) is 17.4. The minimum absolute atomic E-state index is 0. The van der Waals surface area contributed by atoms with E-state index in [9.17, 15) is 12.8 Å². The van der Waals surface area contributed by atoms with Crippen LogP contribution in [0.15, 0.2) is 23.1 Å². The van der Waals surface area contributed by atoms with Crippen LogP contribution >= 0.6 is 12.4 Å². The van der Waals surface area contributed by atoms with Gasteiger partial charge in [-0.1, -0.05) is 6.07 Å². The minimum atomic E-state index is -3.74. The molecule has 1 fully saturated rings. The van der Waals surface area contributed by atoms with Gasteiger partial charge in [0.05, 0.1) is 0 Å². The summed E-state index contributed by atoms with van der Waals surface area (Å²) in [7, 11) is -1.96. The highest BCUT2D eigenvalue weighted by Gasteiger charge is 2.36. The summed E-state index contributed by atoms with van der Waals surface area (Å²) in [6.07, 6.45) is 1.63. The van der Waals surface area contributed by atoms with Crippen LogP contribution in [0.4, 0.5) is 4.39 Å². The van der Waals surface area contributed by atoms with Crippen molar-refractivity contribution in [3.05, 3.63) is 29.6 Å². The van der Waals surface area contributed by atoms with Gasteiger partial charge in [0.1, 0.15) is 10.7 Å². The van der Waals surface area contributed by atoms with E-state index < -0.39 is 15.8 Å². The molecule has 1 aromatic rings. The average Bonchev–Trinajstić information content (AvgIpc) is 2.81. The predicted octanol–water partition coefficient (Wildman–Crippen LogP) is 1.93. The maximum absolute atomic E-state index is 13.8. The first-order valence-electron chi connectivity index (χ1n) is 6.39. The highest BCUT2D eigenvalue weighted by molar-refractivity contribution is 7.89. The highest BCUT2D eigenvalue weighted by Crippen LogP contribution is 2.27. The van der Waals surface area contributed by atoms with Gasteiger partial charge in [-0.15, -0.1) is 12.4 Å². The predicted molar refractivity (Wildman–Crippen MR) is 79.2 cm³/mol. The van der Waals surface area contributed by atoms with E-state index in [-0.39, 0.29) is 23.3 Å². The Bertz CT molecular complexity index is 565. The fourth-order valence-electron chi connectivity index (χ4n) is 2.50. The van der Waals surface area contributed by atoms with Crippen LogP contribution in [0.5, 0.6) is 0 Å². The number of hydrogen-bond donors (Lipinski definition) is 1. The Morgan fingerprint density at radius 1 is 1.45 bits per heavy atom. The minimum Gasteiger partial charge on any atom is -0.318 e. The van der Waals surface area contributed by atoms with Crippen LogP contribution in [0.3, 0.4) is 0 Å². The van der Waals surface area contributed by atoms with Crippen molar-refractivity contribution in [1.82, 2.24) is 9.62 Å². The molecule has 20 heavy (non-hydrogen) atoms. The van der Waals surface area contributed by atoms with Gasteiger partial charge >= 0.3 is 0 Å². The molecule has 0 saturated carbocycles. The van der Waals surface area contributed by atoms with Crippen LogP contribution in [-0.4, -0.2) is 38.9 Å². The summed E-state index contributed by atoms with van der Waals surface area (Å²) in [5.41, 5.74) is 0.740. The quantitative estimate of drug-likeness (QED) is 0.921. The number of aryl methyl sites for hydroxylation is 1. The molecule has 0 bridgehead atoms. The molecule has 114 valence electrons. The molecule has 1 aliphatic heterocycles. The summed E-state index contributed by atoms with van der Waals surface area (Å²) in [5, 5.41) is 2.99. The van der Waals surface area contributed by atoms with E-state index >= 15 is 0 Å². The zero-order valence-electron chi connectivity index (χ0n) is 11.6. The largest absolute Gasteiger partial charge is 0.318 e. The summed E-state index contributed by atoms with van der Waals surface area (Å²) < 4.78 is 40.3. The van der Waals surface area contributed by atoms with E-state index in [4.69, 9.17) is 0 Å². The normalized spacial score (nSPS) is 19.9. The monoisotopic (exact) mass is 322 g/mol. The topological polar surface area (TPSA) is 49.4 Å². The van der Waals surface area contributed by atoms with E-state index in [0.29, 0.717) is 13.1 Å². The summed E-state index contributed by atoms with van der Waals surface area (Å²) in [4.78, 5) is -0.212. The third-order valence-corrected chi connectivity index (χ3v) is 5.40. The Labute approximate surface area is 125 Å². The Morgan fingerprint density at radius 2 is 2.15 bits per heavy atom. The maximum Gasteiger partial charge on any atom is 0.246 e. The van der Waals surface area contributed by atoms with Crippen LogP contribution < -0.4 is 5.32 Å². The number of hydrogen-bond acceptors (Lipinski definition) is 3. The summed E-state index contributed by atoms with van der Waals surface area (Å²) >= 11 is 0. The number of rotatable bonds is 4. The Morgan fingerprint density at radius 3 is 2.80 bits per heavy atom. The Balaban J connectivity index is 0.00000200. The molecule has 1 saturated heterocycles. The molecule has 0 aliphatic carbocycles. The maximum atomic E-state index is 13.8. The summed E-state index contributed by atoms with van der Waals surface area (Å²) in [6, 6.07) is 4.10. The third kappa shape index (κ3) is 3.31. The molecule has 0 radical (unpaired) electrons. The van der Waals surface area contributed by atoms with Crippen molar-refractivity contribution in [2.24, 2.45) is 0 Å². The first-order valence-corrected chi connectivity index (χ1v) is 7.83. The number of sulfonamides is 1. The van der Waals surface area contributed by atoms with Crippen molar-refractivity contribution in [2.45, 2.75) is 30.7 Å². The van der Waals surface area contributed by atoms with Crippen LogP contribution in [0.1, 0.15) is 18.4 Å². The van der Waals surface area contributed by atoms with E-state index in [1.807, 2.05) is 0 Å². The zero-order chi connectivity index (χ0) is 14.0. The van der Waals surface area contributed by atoms with Crippen LogP contribution in [0, 0.1) is 12.7 Å². The lowest BCUT2D eigenvalue weighted by atomic mass is 10.2. The van der Waals surface area contributed by atoms with E-state index in [0.717, 1.165) is 18.4 Å². The number of likely N-dealkylation sites (N-methyl/N-ethyl adjacent to an activating group) is 1. The second-order valence-corrected chi connectivity index (χ2v) is 6.76. The lowest BCUT2D eigenvalue weighted by molar-refractivity contribution is 0.376. The molecule has 1 unspecified atom stereocenters. The van der Waals surface area contributed by atoms with Gasteiger partial charge in [-0.2, -0.15) is 4.31 Å². The SMILES string of the molecule is CNCC1CCCN1S(=O)(=O)c1cc(C)ccc1F.Cl. The molecule has 7 heteroatoms. The molecule has 1 aromatic carbocycles. The molecule has 2 rings (SSSR count). The smallest absolute Gasteiger partial charge is 0.246 e. The number of nitrogens with one attached hydrogen (secondary N) is 1. The molecule has 1 heterocycles. The van der Waals surface area contributed by atoms with E-state index in [1.165, 1.54) is 16.4 Å². The van der Waals surface area contributed by atoms with E-state index in [1.54, 1.807) is 20.0 Å². The van der Waals surface area contributed by atoms with Gasteiger partial charge in [0.25, 0.3) is 0 Å². The zero-order valence-corrected chi connectivity index (χ0v) is 13.2. The number of benzene rings is 1. The van der Waals surface area contributed by atoms with Gasteiger partial charge in [-0.3, -0.25) is 0 Å². The second kappa shape index (κ2) is 6.85. The first-order chi connectivity index (χ1) is 8.96. The molecular weight excluding hydrogens is 303 g/mol. The van der Waals surface area contributed by atoms with Crippen LogP contribution in [0.2, 0.25) is 0 Å². The van der Waals surface area contributed by atoms with Gasteiger partial charge in [0, 0.05) is 19.1 Å². The highest BCUT2D eigenvalue weighted by atomic mass is 35.5. The molecular formula is C13H20ClFN2O2S. The van der Waals surface area contributed by atoms with Crippen molar-refractivity contribution < 1.29 is 12.8 Å². The van der Waals surface area contributed by atoms with Crippen molar-refractivity contribution in [1.29, 1.82) is 0 Å². The van der Waals surface area contributed by atoms with Crippen molar-refractivity contribution in [3.8, 4) is 0 Å². The van der Waals surface area contributed by atoms with Gasteiger partial charge < -0.3 is 5.32 Å². The summed E-state index contributed by atoms with van der Waals surface area (Å²) in [5.74, 6) is -0.680. The summed E-state index contributed by atoms with van der Waals surface area (Å²) in [6.45, 7) is 2.81. The van der Waals surface area contributed by atoms with Crippen LogP contribution in [0.25, 0.3) is 0 Å². The average molecular weight is 323 g/mol. The van der Waals surface area contributed by atoms with Crippen molar-refractivity contribution in [2.75, 3.05) is 20.1 Å². The van der Waals surface area contributed by atoms with Crippen molar-refractivity contribution >= 4 is 22.4 Å². The Kier molecular flexibility index (Phi) is 5.94. The van der Waals surface area contributed by atoms with Crippen molar-refractivity contribution in [3.63, 3.8) is 0 Å². The van der Waals surface area contributed by atoms with Gasteiger partial charge in [0.2, 0.25) is 10.0 Å².